The highest BCUT2D eigenvalue weighted by molar-refractivity contribution is 5.96. The van der Waals surface area contributed by atoms with Crippen molar-refractivity contribution in [2.24, 2.45) is 5.92 Å². The van der Waals surface area contributed by atoms with E-state index in [4.69, 9.17) is 10.5 Å². The van der Waals surface area contributed by atoms with Crippen LogP contribution in [0.2, 0.25) is 0 Å². The van der Waals surface area contributed by atoms with E-state index >= 15 is 0 Å². The minimum absolute atomic E-state index is 0.111. The molecule has 1 fully saturated rings. The van der Waals surface area contributed by atoms with Crippen LogP contribution >= 0.6 is 0 Å². The van der Waals surface area contributed by atoms with Crippen LogP contribution in [0.1, 0.15) is 41.1 Å². The number of hydrogen-bond donors (Lipinski definition) is 1. The number of piperidine rings is 1. The molecule has 0 radical (unpaired) electrons. The Kier molecular flexibility index (Phi) is 4.79. The number of imidazole rings is 1. The molecule has 6 rings (SSSR count). The molecule has 0 unspecified atom stereocenters. The molecular weight excluding hydrogens is 477 g/mol. The lowest BCUT2D eigenvalue weighted by Gasteiger charge is -2.39. The summed E-state index contributed by atoms with van der Waals surface area (Å²) in [7, 11) is 0. The molecule has 3 aromatic heterocycles. The lowest BCUT2D eigenvalue weighted by atomic mass is 9.88. The van der Waals surface area contributed by atoms with Crippen LogP contribution in [0.25, 0.3) is 16.6 Å². The van der Waals surface area contributed by atoms with Gasteiger partial charge >= 0.3 is 6.36 Å². The van der Waals surface area contributed by atoms with E-state index in [0.717, 1.165) is 0 Å². The standard InChI is InChI=1S/C24H21F3N6O3/c1-11-5-19-21(14-4-3-13(6-18(14)35-19)36-24(25,26)27)32(9-11)23(34)15-7-17-16(8-29-15)31-22(28)20-12(2)30-10-33(17)20/h3-4,6-8,10-11,19,21H,5,9H2,1-2H3,(H2,28,31)/t11-,19+,21+/m1/s1. The third kappa shape index (κ3) is 3.55. The predicted octanol–water partition coefficient (Wildman–Crippen LogP) is 4.05. The molecule has 186 valence electrons. The van der Waals surface area contributed by atoms with E-state index in [0.29, 0.717) is 46.6 Å². The number of anilines is 1. The summed E-state index contributed by atoms with van der Waals surface area (Å²) in [6.45, 7) is 4.27. The Morgan fingerprint density at radius 3 is 2.83 bits per heavy atom. The highest BCUT2D eigenvalue weighted by atomic mass is 19.4. The van der Waals surface area contributed by atoms with Crippen molar-refractivity contribution < 1.29 is 27.4 Å². The molecular formula is C24H21F3N6O3. The third-order valence-electron chi connectivity index (χ3n) is 6.68. The number of rotatable bonds is 2. The highest BCUT2D eigenvalue weighted by Crippen LogP contribution is 2.47. The highest BCUT2D eigenvalue weighted by Gasteiger charge is 2.46. The molecule has 12 heteroatoms. The molecule has 2 aliphatic rings. The number of alkyl halides is 3. The monoisotopic (exact) mass is 498 g/mol. The quantitative estimate of drug-likeness (QED) is 0.444. The predicted molar refractivity (Wildman–Crippen MR) is 123 cm³/mol. The third-order valence-corrected chi connectivity index (χ3v) is 6.68. The number of pyridine rings is 1. The molecule has 3 atom stereocenters. The number of aryl methyl sites for hydroxylation is 1. The van der Waals surface area contributed by atoms with E-state index in [-0.39, 0.29) is 29.0 Å². The Labute approximate surface area is 202 Å². The number of nitrogens with zero attached hydrogens (tertiary/aromatic N) is 5. The lowest BCUT2D eigenvalue weighted by Crippen LogP contribution is -2.47. The molecule has 0 saturated carbocycles. The normalized spacial score (nSPS) is 21.4. The van der Waals surface area contributed by atoms with Crippen molar-refractivity contribution in [1.29, 1.82) is 0 Å². The van der Waals surface area contributed by atoms with E-state index in [1.807, 2.05) is 13.8 Å². The van der Waals surface area contributed by atoms with Crippen LogP contribution in [0.15, 0.2) is 36.8 Å². The van der Waals surface area contributed by atoms with E-state index in [2.05, 4.69) is 19.7 Å². The number of benzene rings is 1. The van der Waals surface area contributed by atoms with Crippen molar-refractivity contribution in [3.05, 3.63) is 53.7 Å². The first-order valence-electron chi connectivity index (χ1n) is 11.4. The van der Waals surface area contributed by atoms with Crippen LogP contribution in [0.5, 0.6) is 11.5 Å². The van der Waals surface area contributed by atoms with Crippen molar-refractivity contribution in [2.45, 2.75) is 38.8 Å². The van der Waals surface area contributed by atoms with Crippen molar-refractivity contribution in [3.8, 4) is 11.5 Å². The van der Waals surface area contributed by atoms with Gasteiger partial charge in [0.1, 0.15) is 40.7 Å². The summed E-state index contributed by atoms with van der Waals surface area (Å²) in [5.41, 5.74) is 9.46. The number of amides is 1. The average molecular weight is 498 g/mol. The first-order chi connectivity index (χ1) is 17.1. The number of ether oxygens (including phenoxy) is 2. The summed E-state index contributed by atoms with van der Waals surface area (Å²) < 4.78 is 49.9. The number of carbonyl (C=O) groups is 1. The zero-order valence-electron chi connectivity index (χ0n) is 19.3. The van der Waals surface area contributed by atoms with Gasteiger partial charge in [-0.25, -0.2) is 15.0 Å². The van der Waals surface area contributed by atoms with Crippen LogP contribution in [0.3, 0.4) is 0 Å². The number of hydrogen-bond acceptors (Lipinski definition) is 7. The van der Waals surface area contributed by atoms with Gasteiger partial charge in [-0.2, -0.15) is 0 Å². The smallest absolute Gasteiger partial charge is 0.487 e. The summed E-state index contributed by atoms with van der Waals surface area (Å²) >= 11 is 0. The first kappa shape index (κ1) is 22.4. The molecule has 0 spiro atoms. The van der Waals surface area contributed by atoms with Gasteiger partial charge < -0.3 is 20.1 Å². The Hall–Kier alpha value is -4.09. The molecule has 0 bridgehead atoms. The van der Waals surface area contributed by atoms with Gasteiger partial charge in [0.15, 0.2) is 5.82 Å². The molecule has 0 aliphatic carbocycles. The first-order valence-corrected chi connectivity index (χ1v) is 11.4. The average Bonchev–Trinajstić information content (AvgIpc) is 3.37. The van der Waals surface area contributed by atoms with Gasteiger partial charge in [0.2, 0.25) is 0 Å². The van der Waals surface area contributed by atoms with Gasteiger partial charge in [0.05, 0.1) is 23.4 Å². The number of likely N-dealkylation sites (tertiary alicyclic amines) is 1. The molecule has 4 aromatic rings. The van der Waals surface area contributed by atoms with Crippen molar-refractivity contribution in [3.63, 3.8) is 0 Å². The van der Waals surface area contributed by atoms with Gasteiger partial charge in [-0.05, 0) is 37.5 Å². The van der Waals surface area contributed by atoms with Gasteiger partial charge in [0, 0.05) is 18.2 Å². The van der Waals surface area contributed by atoms with Gasteiger partial charge in [-0.1, -0.05) is 6.92 Å². The molecule has 1 saturated heterocycles. The van der Waals surface area contributed by atoms with Crippen LogP contribution in [0.4, 0.5) is 19.0 Å². The number of carbonyl (C=O) groups excluding carboxylic acids is 1. The number of nitrogens with two attached hydrogens (primary N) is 1. The maximum Gasteiger partial charge on any atom is 0.573 e. The van der Waals surface area contributed by atoms with Crippen molar-refractivity contribution in [2.75, 3.05) is 12.3 Å². The SMILES string of the molecule is Cc1ncn2c1c(N)nc1cnc(C(=O)N3C[C@H](C)C[C@@H]4Oc5cc(OC(F)(F)F)ccc5[C@@H]43)cc12. The Morgan fingerprint density at radius 1 is 1.25 bits per heavy atom. The van der Waals surface area contributed by atoms with Gasteiger partial charge in [0.25, 0.3) is 5.91 Å². The lowest BCUT2D eigenvalue weighted by molar-refractivity contribution is -0.274. The van der Waals surface area contributed by atoms with E-state index in [1.165, 1.54) is 24.4 Å². The summed E-state index contributed by atoms with van der Waals surface area (Å²) in [6.07, 6.45) is -1.42. The minimum atomic E-state index is -4.81. The fourth-order valence-corrected chi connectivity index (χ4v) is 5.25. The molecule has 1 amide bonds. The van der Waals surface area contributed by atoms with Crippen LogP contribution < -0.4 is 15.2 Å². The van der Waals surface area contributed by atoms with Crippen LogP contribution in [-0.2, 0) is 0 Å². The van der Waals surface area contributed by atoms with Gasteiger partial charge in [-0.3, -0.25) is 9.20 Å². The van der Waals surface area contributed by atoms with E-state index in [9.17, 15) is 18.0 Å². The minimum Gasteiger partial charge on any atom is -0.487 e. The Bertz CT molecular complexity index is 1540. The zero-order valence-corrected chi connectivity index (χ0v) is 19.3. The second-order valence-corrected chi connectivity index (χ2v) is 9.25. The fraction of sp³-hybridized carbons (Fsp3) is 0.333. The molecule has 2 N–H and O–H groups in total. The van der Waals surface area contributed by atoms with Crippen LogP contribution in [-0.4, -0.2) is 49.2 Å². The largest absolute Gasteiger partial charge is 0.573 e. The summed E-state index contributed by atoms with van der Waals surface area (Å²) in [5, 5.41) is 0. The van der Waals surface area contributed by atoms with E-state index < -0.39 is 18.5 Å². The maximum atomic E-state index is 13.8. The molecule has 1 aromatic carbocycles. The van der Waals surface area contributed by atoms with E-state index in [1.54, 1.807) is 21.7 Å². The Balaban J connectivity index is 1.39. The van der Waals surface area contributed by atoms with Crippen molar-refractivity contribution in [1.82, 2.24) is 24.3 Å². The summed E-state index contributed by atoms with van der Waals surface area (Å²) in [4.78, 5) is 28.5. The molecule has 2 aliphatic heterocycles. The molecule has 5 heterocycles. The molecule has 9 nitrogen and oxygen atoms in total. The second-order valence-electron chi connectivity index (χ2n) is 9.25. The zero-order chi connectivity index (χ0) is 25.4. The fourth-order valence-electron chi connectivity index (χ4n) is 5.25. The summed E-state index contributed by atoms with van der Waals surface area (Å²) in [6, 6.07) is 5.18. The Morgan fingerprint density at radius 2 is 2.06 bits per heavy atom. The van der Waals surface area contributed by atoms with Gasteiger partial charge in [-0.15, -0.1) is 13.2 Å². The number of halogens is 3. The molecule has 36 heavy (non-hydrogen) atoms. The van der Waals surface area contributed by atoms with Crippen LogP contribution in [0, 0.1) is 12.8 Å². The number of aromatic nitrogens is 4. The topological polar surface area (TPSA) is 108 Å². The maximum absolute atomic E-state index is 13.8. The second kappa shape index (κ2) is 7.70. The van der Waals surface area contributed by atoms with Crippen molar-refractivity contribution >= 4 is 28.3 Å². The number of fused-ring (bicyclic) bond motifs is 6. The number of nitrogen functional groups attached to an aromatic ring is 1. The summed E-state index contributed by atoms with van der Waals surface area (Å²) in [5.74, 6) is 0.0288.